The molecular weight excluding hydrogens is 234 g/mol. The Kier molecular flexibility index (Phi) is 4.57. The van der Waals surface area contributed by atoms with E-state index >= 15 is 0 Å². The molecule has 1 aromatic heterocycles. The fourth-order valence-corrected chi connectivity index (χ4v) is 2.59. The van der Waals surface area contributed by atoms with E-state index in [2.05, 4.69) is 13.8 Å². The summed E-state index contributed by atoms with van der Waals surface area (Å²) >= 11 is 5.24. The van der Waals surface area contributed by atoms with Crippen LogP contribution in [0.25, 0.3) is 0 Å². The molecule has 96 valence electrons. The van der Waals surface area contributed by atoms with Crippen molar-refractivity contribution >= 4 is 12.2 Å². The number of methoxy groups -OCH3 is 1. The Morgan fingerprint density at radius 3 is 2.53 bits per heavy atom. The molecule has 1 rings (SSSR count). The first-order valence-electron chi connectivity index (χ1n) is 5.92. The highest BCUT2D eigenvalue weighted by Crippen LogP contribution is 2.35. The molecule has 0 saturated carbocycles. The van der Waals surface area contributed by atoms with Crippen LogP contribution in [0.1, 0.15) is 44.0 Å². The molecule has 1 aromatic rings. The van der Waals surface area contributed by atoms with E-state index in [1.54, 1.807) is 7.11 Å². The Morgan fingerprint density at radius 2 is 2.06 bits per heavy atom. The van der Waals surface area contributed by atoms with Gasteiger partial charge >= 0.3 is 0 Å². The van der Waals surface area contributed by atoms with Crippen molar-refractivity contribution in [3.8, 4) is 11.5 Å². The van der Waals surface area contributed by atoms with E-state index in [9.17, 15) is 5.11 Å². The second-order valence-electron chi connectivity index (χ2n) is 4.43. The third-order valence-electron chi connectivity index (χ3n) is 3.25. The van der Waals surface area contributed by atoms with Gasteiger partial charge in [0, 0.05) is 13.0 Å². The van der Waals surface area contributed by atoms with Gasteiger partial charge in [-0.25, -0.2) is 0 Å². The van der Waals surface area contributed by atoms with Crippen molar-refractivity contribution in [2.24, 2.45) is 7.05 Å². The summed E-state index contributed by atoms with van der Waals surface area (Å²) in [6.07, 6.45) is 2.11. The highest BCUT2D eigenvalue weighted by atomic mass is 32.1. The van der Waals surface area contributed by atoms with Crippen molar-refractivity contribution in [1.29, 1.82) is 0 Å². The minimum atomic E-state index is 0.186. The molecule has 1 unspecified atom stereocenters. The summed E-state index contributed by atoms with van der Waals surface area (Å²) in [6, 6.07) is 0. The molecule has 0 spiro atoms. The number of ether oxygens (including phenoxy) is 1. The van der Waals surface area contributed by atoms with Gasteiger partial charge in [0.1, 0.15) is 4.51 Å². The average molecular weight is 255 g/mol. The van der Waals surface area contributed by atoms with E-state index < -0.39 is 0 Å². The van der Waals surface area contributed by atoms with Crippen molar-refractivity contribution in [1.82, 2.24) is 4.57 Å². The van der Waals surface area contributed by atoms with Crippen LogP contribution < -0.4 is 4.74 Å². The van der Waals surface area contributed by atoms with Crippen LogP contribution >= 0.6 is 12.2 Å². The Labute approximate surface area is 108 Å². The molecule has 3 nitrogen and oxygen atoms in total. The molecule has 0 aliphatic heterocycles. The largest absolute Gasteiger partial charge is 0.505 e. The van der Waals surface area contributed by atoms with Crippen molar-refractivity contribution in [2.45, 2.75) is 39.5 Å². The van der Waals surface area contributed by atoms with Crippen LogP contribution in [0, 0.1) is 11.4 Å². The monoisotopic (exact) mass is 255 g/mol. The molecule has 0 aliphatic rings. The van der Waals surface area contributed by atoms with Crippen LogP contribution in [0.2, 0.25) is 0 Å². The van der Waals surface area contributed by atoms with Crippen LogP contribution in [-0.4, -0.2) is 16.8 Å². The standard InChI is InChI=1S/C13H21NO2S/c1-6-7-8(2)10-11(15)13(17)12(16-5)9(3)14(10)4/h8,15H,6-7H2,1-5H3. The summed E-state index contributed by atoms with van der Waals surface area (Å²) in [5, 5.41) is 10.2. The molecule has 0 aliphatic carbocycles. The predicted molar refractivity (Wildman–Crippen MR) is 72.5 cm³/mol. The maximum Gasteiger partial charge on any atom is 0.159 e. The van der Waals surface area contributed by atoms with Gasteiger partial charge in [-0.3, -0.25) is 0 Å². The molecule has 0 amide bonds. The second-order valence-corrected chi connectivity index (χ2v) is 4.84. The number of hydrogen-bond acceptors (Lipinski definition) is 3. The molecule has 1 heterocycles. The molecule has 1 N–H and O–H groups in total. The van der Waals surface area contributed by atoms with Crippen molar-refractivity contribution in [3.05, 3.63) is 15.9 Å². The van der Waals surface area contributed by atoms with Crippen LogP contribution in [0.5, 0.6) is 11.5 Å². The first-order chi connectivity index (χ1) is 7.95. The zero-order chi connectivity index (χ0) is 13.2. The van der Waals surface area contributed by atoms with Crippen molar-refractivity contribution < 1.29 is 9.84 Å². The van der Waals surface area contributed by atoms with E-state index in [4.69, 9.17) is 17.0 Å². The number of aromatic hydroxyl groups is 1. The molecule has 0 bridgehead atoms. The lowest BCUT2D eigenvalue weighted by atomic mass is 9.99. The van der Waals surface area contributed by atoms with Gasteiger partial charge in [-0.2, -0.15) is 0 Å². The quantitative estimate of drug-likeness (QED) is 0.833. The first-order valence-corrected chi connectivity index (χ1v) is 6.32. The van der Waals surface area contributed by atoms with E-state index in [1.807, 2.05) is 18.5 Å². The molecular formula is C13H21NO2S. The maximum atomic E-state index is 10.2. The van der Waals surface area contributed by atoms with Gasteiger partial charge in [-0.05, 0) is 13.3 Å². The number of hydrogen-bond donors (Lipinski definition) is 1. The third kappa shape index (κ3) is 2.46. The van der Waals surface area contributed by atoms with Crippen LogP contribution in [-0.2, 0) is 7.05 Å². The fourth-order valence-electron chi connectivity index (χ4n) is 2.25. The first kappa shape index (κ1) is 14.0. The third-order valence-corrected chi connectivity index (χ3v) is 3.63. The summed E-state index contributed by atoms with van der Waals surface area (Å²) in [6.45, 7) is 6.20. The normalized spacial score (nSPS) is 12.5. The van der Waals surface area contributed by atoms with Gasteiger partial charge in [0.15, 0.2) is 11.5 Å². The fraction of sp³-hybridized carbons (Fsp3) is 0.615. The molecule has 0 saturated heterocycles. The minimum Gasteiger partial charge on any atom is -0.505 e. The molecule has 0 aromatic carbocycles. The van der Waals surface area contributed by atoms with Crippen LogP contribution in [0.4, 0.5) is 0 Å². The highest BCUT2D eigenvalue weighted by Gasteiger charge is 2.19. The topological polar surface area (TPSA) is 34.4 Å². The van der Waals surface area contributed by atoms with Crippen molar-refractivity contribution in [2.75, 3.05) is 7.11 Å². The second kappa shape index (κ2) is 5.54. The Hall–Kier alpha value is -1.03. The summed E-state index contributed by atoms with van der Waals surface area (Å²) in [4.78, 5) is 0. The van der Waals surface area contributed by atoms with Gasteiger partial charge in [0.05, 0.1) is 18.5 Å². The lowest BCUT2D eigenvalue weighted by molar-refractivity contribution is 0.386. The number of pyridine rings is 1. The minimum absolute atomic E-state index is 0.186. The molecule has 0 fully saturated rings. The van der Waals surface area contributed by atoms with Gasteiger partial charge in [-0.1, -0.05) is 32.5 Å². The summed E-state index contributed by atoms with van der Waals surface area (Å²) in [7, 11) is 3.51. The maximum absolute atomic E-state index is 10.2. The number of nitrogens with zero attached hydrogens (tertiary/aromatic N) is 1. The number of aromatic nitrogens is 1. The predicted octanol–water partition coefficient (Wildman–Crippen LogP) is 3.68. The summed E-state index contributed by atoms with van der Waals surface area (Å²) in [5.41, 5.74) is 1.85. The van der Waals surface area contributed by atoms with E-state index in [0.717, 1.165) is 24.2 Å². The van der Waals surface area contributed by atoms with Gasteiger partial charge in [0.2, 0.25) is 0 Å². The highest BCUT2D eigenvalue weighted by molar-refractivity contribution is 7.71. The van der Waals surface area contributed by atoms with E-state index in [0.29, 0.717) is 10.3 Å². The van der Waals surface area contributed by atoms with E-state index in [1.165, 1.54) is 0 Å². The lowest BCUT2D eigenvalue weighted by Gasteiger charge is -2.21. The van der Waals surface area contributed by atoms with Crippen LogP contribution in [0.3, 0.4) is 0 Å². The Balaban J connectivity index is 3.48. The molecule has 1 atom stereocenters. The van der Waals surface area contributed by atoms with E-state index in [-0.39, 0.29) is 11.7 Å². The Bertz CT molecular complexity index is 465. The SMILES string of the molecule is CCCC(C)c1c(O)c(=S)c(OC)c(C)n1C. The van der Waals surface area contributed by atoms with Crippen LogP contribution in [0.15, 0.2) is 0 Å². The van der Waals surface area contributed by atoms with Gasteiger partial charge in [-0.15, -0.1) is 0 Å². The van der Waals surface area contributed by atoms with Gasteiger partial charge in [0.25, 0.3) is 0 Å². The average Bonchev–Trinajstić information content (AvgIpc) is 2.28. The Morgan fingerprint density at radius 1 is 1.47 bits per heavy atom. The summed E-state index contributed by atoms with van der Waals surface area (Å²) < 4.78 is 7.64. The van der Waals surface area contributed by atoms with Crippen molar-refractivity contribution in [3.63, 3.8) is 0 Å². The zero-order valence-corrected chi connectivity index (χ0v) is 12.0. The smallest absolute Gasteiger partial charge is 0.159 e. The lowest BCUT2D eigenvalue weighted by Crippen LogP contribution is -2.10. The number of rotatable bonds is 4. The molecule has 4 heteroatoms. The van der Waals surface area contributed by atoms with Gasteiger partial charge < -0.3 is 14.4 Å². The zero-order valence-electron chi connectivity index (χ0n) is 11.2. The summed E-state index contributed by atoms with van der Waals surface area (Å²) in [5.74, 6) is 1.06. The molecule has 0 radical (unpaired) electrons. The molecule has 17 heavy (non-hydrogen) atoms.